The van der Waals surface area contributed by atoms with Crippen LogP contribution >= 0.6 is 11.6 Å². The molecule has 0 aliphatic carbocycles. The first-order valence-electron chi connectivity index (χ1n) is 5.96. The van der Waals surface area contributed by atoms with E-state index >= 15 is 0 Å². The van der Waals surface area contributed by atoms with Crippen molar-refractivity contribution in [2.75, 3.05) is 14.2 Å². The fourth-order valence-electron chi connectivity index (χ4n) is 1.72. The van der Waals surface area contributed by atoms with Crippen LogP contribution in [0.2, 0.25) is 5.02 Å². The molecule has 0 radical (unpaired) electrons. The molecule has 0 fully saturated rings. The van der Waals surface area contributed by atoms with Crippen molar-refractivity contribution >= 4 is 17.4 Å². The average Bonchev–Trinajstić information content (AvgIpc) is 2.49. The van der Waals surface area contributed by atoms with Crippen LogP contribution in [0.5, 0.6) is 23.1 Å². The number of ether oxygens (including phenoxy) is 3. The van der Waals surface area contributed by atoms with E-state index in [9.17, 15) is 0 Å². The number of benzene rings is 1. The molecule has 0 spiro atoms. The van der Waals surface area contributed by atoms with Gasteiger partial charge in [-0.3, -0.25) is 5.41 Å². The zero-order valence-corrected chi connectivity index (χ0v) is 12.3. The van der Waals surface area contributed by atoms with Crippen molar-refractivity contribution in [2.45, 2.75) is 0 Å². The molecule has 1 heterocycles. The van der Waals surface area contributed by atoms with Crippen LogP contribution in [0.3, 0.4) is 0 Å². The number of nitrogens with two attached hydrogens (primary N) is 1. The normalized spacial score (nSPS) is 10.0. The van der Waals surface area contributed by atoms with Gasteiger partial charge in [-0.1, -0.05) is 17.7 Å². The number of nitrogens with zero attached hydrogens (tertiary/aromatic N) is 1. The molecule has 0 saturated carbocycles. The lowest BCUT2D eigenvalue weighted by atomic mass is 10.2. The van der Waals surface area contributed by atoms with Crippen molar-refractivity contribution in [1.82, 2.24) is 4.98 Å². The summed E-state index contributed by atoms with van der Waals surface area (Å²) < 4.78 is 16.2. The number of halogens is 1. The van der Waals surface area contributed by atoms with Crippen molar-refractivity contribution in [3.8, 4) is 23.1 Å². The third-order valence-electron chi connectivity index (χ3n) is 2.73. The lowest BCUT2D eigenvalue weighted by Gasteiger charge is -2.14. The van der Waals surface area contributed by atoms with Crippen LogP contribution in [0.25, 0.3) is 0 Å². The Kier molecular flexibility index (Phi) is 4.49. The van der Waals surface area contributed by atoms with Gasteiger partial charge < -0.3 is 19.9 Å². The van der Waals surface area contributed by atoms with Gasteiger partial charge in [0.25, 0.3) is 0 Å². The molecular weight excluding hydrogens is 294 g/mol. The maximum Gasteiger partial charge on any atom is 0.239 e. The van der Waals surface area contributed by atoms with Crippen LogP contribution in [-0.4, -0.2) is 25.0 Å². The summed E-state index contributed by atoms with van der Waals surface area (Å²) in [5.74, 6) is 1.24. The van der Waals surface area contributed by atoms with E-state index < -0.39 is 0 Å². The molecule has 0 atom stereocenters. The summed E-state index contributed by atoms with van der Waals surface area (Å²) in [5, 5.41) is 7.62. The van der Waals surface area contributed by atoms with Crippen LogP contribution in [0.4, 0.5) is 0 Å². The van der Waals surface area contributed by atoms with E-state index in [1.54, 1.807) is 18.2 Å². The highest BCUT2D eigenvalue weighted by molar-refractivity contribution is 6.35. The van der Waals surface area contributed by atoms with Gasteiger partial charge in [-0.2, -0.15) is 0 Å². The summed E-state index contributed by atoms with van der Waals surface area (Å²) in [4.78, 5) is 4.05. The molecule has 2 rings (SSSR count). The van der Waals surface area contributed by atoms with Crippen LogP contribution in [0, 0.1) is 5.41 Å². The molecule has 110 valence electrons. The number of hydrogen-bond donors (Lipinski definition) is 2. The van der Waals surface area contributed by atoms with Crippen molar-refractivity contribution < 1.29 is 14.2 Å². The number of nitrogen functional groups attached to an aromatic ring is 1. The molecule has 1 aromatic carbocycles. The van der Waals surface area contributed by atoms with Gasteiger partial charge in [0, 0.05) is 11.8 Å². The summed E-state index contributed by atoms with van der Waals surface area (Å²) in [6.45, 7) is 0. The van der Waals surface area contributed by atoms with E-state index in [0.29, 0.717) is 22.8 Å². The Hall–Kier alpha value is -2.47. The number of methoxy groups -OCH3 is 2. The molecule has 1 aromatic heterocycles. The summed E-state index contributed by atoms with van der Waals surface area (Å²) in [7, 11) is 3.03. The van der Waals surface area contributed by atoms with E-state index in [1.807, 2.05) is 0 Å². The maximum atomic E-state index is 7.47. The Morgan fingerprint density at radius 1 is 1.19 bits per heavy atom. The molecular formula is C14H14ClN3O3. The SMILES string of the molecule is COc1cccc(OC)c1Oc1nccc(C(=N)N)c1Cl. The van der Waals surface area contributed by atoms with Crippen molar-refractivity contribution in [1.29, 1.82) is 5.41 Å². The Balaban J connectivity index is 2.48. The van der Waals surface area contributed by atoms with Gasteiger partial charge in [0.1, 0.15) is 10.9 Å². The van der Waals surface area contributed by atoms with Crippen LogP contribution in [0.1, 0.15) is 5.56 Å². The Morgan fingerprint density at radius 2 is 1.81 bits per heavy atom. The van der Waals surface area contributed by atoms with Crippen molar-refractivity contribution in [3.05, 3.63) is 41.0 Å². The van der Waals surface area contributed by atoms with Crippen LogP contribution < -0.4 is 19.9 Å². The Morgan fingerprint density at radius 3 is 2.33 bits per heavy atom. The monoisotopic (exact) mass is 307 g/mol. The van der Waals surface area contributed by atoms with Crippen molar-refractivity contribution in [2.24, 2.45) is 5.73 Å². The second kappa shape index (κ2) is 6.32. The second-order valence-corrected chi connectivity index (χ2v) is 4.36. The summed E-state index contributed by atoms with van der Waals surface area (Å²) in [6.07, 6.45) is 1.46. The Bertz CT molecular complexity index is 654. The minimum absolute atomic E-state index is 0.118. The first-order valence-corrected chi connectivity index (χ1v) is 6.34. The highest BCUT2D eigenvalue weighted by Gasteiger charge is 2.17. The van der Waals surface area contributed by atoms with Crippen molar-refractivity contribution in [3.63, 3.8) is 0 Å². The van der Waals surface area contributed by atoms with Crippen LogP contribution in [0.15, 0.2) is 30.5 Å². The molecule has 2 aromatic rings. The smallest absolute Gasteiger partial charge is 0.239 e. The van der Waals surface area contributed by atoms with Gasteiger partial charge in [-0.25, -0.2) is 4.98 Å². The van der Waals surface area contributed by atoms with Gasteiger partial charge in [-0.05, 0) is 18.2 Å². The summed E-state index contributed by atoms with van der Waals surface area (Å²) >= 11 is 6.15. The summed E-state index contributed by atoms with van der Waals surface area (Å²) in [6, 6.07) is 6.75. The lowest BCUT2D eigenvalue weighted by molar-refractivity contribution is 0.342. The predicted octanol–water partition coefficient (Wildman–Crippen LogP) is 2.83. The van der Waals surface area contributed by atoms with E-state index in [4.69, 9.17) is 37.0 Å². The molecule has 0 amide bonds. The lowest BCUT2D eigenvalue weighted by Crippen LogP contribution is -2.12. The quantitative estimate of drug-likeness (QED) is 0.655. The van der Waals surface area contributed by atoms with Gasteiger partial charge in [0.2, 0.25) is 11.6 Å². The van der Waals surface area contributed by atoms with Gasteiger partial charge in [0.15, 0.2) is 11.5 Å². The number of pyridine rings is 1. The third-order valence-corrected chi connectivity index (χ3v) is 3.09. The van der Waals surface area contributed by atoms with E-state index in [2.05, 4.69) is 4.98 Å². The third kappa shape index (κ3) is 3.00. The fourth-order valence-corrected chi connectivity index (χ4v) is 1.97. The molecule has 0 aliphatic heterocycles. The largest absolute Gasteiger partial charge is 0.493 e. The minimum Gasteiger partial charge on any atom is -0.493 e. The first kappa shape index (κ1) is 14.9. The van der Waals surface area contributed by atoms with Gasteiger partial charge >= 0.3 is 0 Å². The molecule has 0 saturated heterocycles. The molecule has 6 nitrogen and oxygen atoms in total. The Labute approximate surface area is 126 Å². The number of rotatable bonds is 5. The van der Waals surface area contributed by atoms with Crippen LogP contribution in [-0.2, 0) is 0 Å². The van der Waals surface area contributed by atoms with E-state index in [-0.39, 0.29) is 16.7 Å². The van der Waals surface area contributed by atoms with Gasteiger partial charge in [0.05, 0.1) is 14.2 Å². The minimum atomic E-state index is -0.167. The maximum absolute atomic E-state index is 7.47. The number of amidine groups is 1. The second-order valence-electron chi connectivity index (χ2n) is 3.99. The van der Waals surface area contributed by atoms with E-state index in [1.165, 1.54) is 26.5 Å². The fraction of sp³-hybridized carbons (Fsp3) is 0.143. The number of para-hydroxylation sites is 1. The molecule has 0 unspecified atom stereocenters. The zero-order valence-electron chi connectivity index (χ0n) is 11.5. The predicted molar refractivity (Wildman–Crippen MR) is 79.9 cm³/mol. The highest BCUT2D eigenvalue weighted by atomic mass is 35.5. The number of hydrogen-bond acceptors (Lipinski definition) is 5. The molecule has 21 heavy (non-hydrogen) atoms. The molecule has 7 heteroatoms. The molecule has 0 aliphatic rings. The average molecular weight is 308 g/mol. The topological polar surface area (TPSA) is 90.5 Å². The standard InChI is InChI=1S/C14H14ClN3O3/c1-19-9-4-3-5-10(20-2)12(9)21-14-11(15)8(13(16)17)6-7-18-14/h3-7H,1-2H3,(H3,16,17). The van der Waals surface area contributed by atoms with E-state index in [0.717, 1.165) is 0 Å². The number of aromatic nitrogens is 1. The summed E-state index contributed by atoms with van der Waals surface area (Å²) in [5.41, 5.74) is 5.80. The number of nitrogens with one attached hydrogen (secondary N) is 1. The van der Waals surface area contributed by atoms with Gasteiger partial charge in [-0.15, -0.1) is 0 Å². The molecule has 0 bridgehead atoms. The molecule has 3 N–H and O–H groups in total. The first-order chi connectivity index (χ1) is 10.1. The highest BCUT2D eigenvalue weighted by Crippen LogP contribution is 2.41. The zero-order chi connectivity index (χ0) is 15.4.